The zero-order chi connectivity index (χ0) is 16.9. The normalized spacial score (nSPS) is 28.2. The van der Waals surface area contributed by atoms with Crippen molar-refractivity contribution in [2.24, 2.45) is 0 Å². The molecule has 2 saturated heterocycles. The van der Waals surface area contributed by atoms with Gasteiger partial charge in [0.2, 0.25) is 11.8 Å². The van der Waals surface area contributed by atoms with E-state index >= 15 is 0 Å². The maximum atomic E-state index is 12.2. The van der Waals surface area contributed by atoms with E-state index in [9.17, 15) is 19.5 Å². The fraction of sp³-hybridized carbons (Fsp3) is 0.500. The van der Waals surface area contributed by atoms with Crippen molar-refractivity contribution < 1.29 is 23.9 Å². The molecule has 2 amide bonds. The van der Waals surface area contributed by atoms with Crippen molar-refractivity contribution in [2.45, 2.75) is 42.5 Å². The molecule has 1 aromatic rings. The molecule has 2 aliphatic rings. The molecule has 124 valence electrons. The van der Waals surface area contributed by atoms with Crippen LogP contribution in [0.25, 0.3) is 0 Å². The Bertz CT molecular complexity index is 686. The second-order valence-corrected chi connectivity index (χ2v) is 7.89. The van der Waals surface area contributed by atoms with Crippen LogP contribution in [0, 0.1) is 0 Å². The summed E-state index contributed by atoms with van der Waals surface area (Å²) < 4.78 is 4.49. The van der Waals surface area contributed by atoms with E-state index in [4.69, 9.17) is 10.2 Å². The molecule has 0 radical (unpaired) electrons. The van der Waals surface area contributed by atoms with Gasteiger partial charge in [0, 0.05) is 4.75 Å². The molecule has 0 spiro atoms. The summed E-state index contributed by atoms with van der Waals surface area (Å²) >= 11 is 1.38. The fourth-order valence-electron chi connectivity index (χ4n) is 3.01. The summed E-state index contributed by atoms with van der Waals surface area (Å²) in [5.74, 6) is -1.46. The molecule has 9 heteroatoms. The van der Waals surface area contributed by atoms with Crippen LogP contribution in [0.2, 0.25) is 0 Å². The summed E-state index contributed by atoms with van der Waals surface area (Å²) in [5, 5.41) is 11.6. The lowest BCUT2D eigenvalue weighted by Gasteiger charge is -2.43. The Labute approximate surface area is 136 Å². The van der Waals surface area contributed by atoms with Gasteiger partial charge in [-0.1, -0.05) is 0 Å². The first-order valence-corrected chi connectivity index (χ1v) is 7.94. The van der Waals surface area contributed by atoms with E-state index in [1.165, 1.54) is 22.9 Å². The van der Waals surface area contributed by atoms with Crippen molar-refractivity contribution >= 4 is 35.2 Å². The predicted octanol–water partition coefficient (Wildman–Crippen LogP) is 0.0360. The standard InChI is InChI=1S/C14H17N3O5S/c1-14(2)10(13(20)21)17-11(19)9(12(17)23-14)16-8(18)5-7-6(15)3-4-22-7/h3-4,9-10,12H,5,15H2,1-2H3,(H,16,18)(H,20,21)/t9?,10-,12+/m0/s1. The van der Waals surface area contributed by atoms with Gasteiger partial charge in [0.1, 0.15) is 23.2 Å². The molecule has 8 nitrogen and oxygen atoms in total. The maximum absolute atomic E-state index is 12.2. The number of nitrogens with one attached hydrogen (secondary N) is 1. The minimum Gasteiger partial charge on any atom is -0.480 e. The van der Waals surface area contributed by atoms with Gasteiger partial charge in [-0.25, -0.2) is 4.79 Å². The van der Waals surface area contributed by atoms with Crippen molar-refractivity contribution in [1.29, 1.82) is 0 Å². The van der Waals surface area contributed by atoms with Crippen LogP contribution in [0.15, 0.2) is 16.7 Å². The van der Waals surface area contributed by atoms with Crippen molar-refractivity contribution in [3.05, 3.63) is 18.1 Å². The van der Waals surface area contributed by atoms with E-state index in [0.717, 1.165) is 0 Å². The van der Waals surface area contributed by atoms with Crippen LogP contribution in [0.1, 0.15) is 19.6 Å². The predicted molar refractivity (Wildman–Crippen MR) is 82.5 cm³/mol. The van der Waals surface area contributed by atoms with E-state index in [-0.39, 0.29) is 23.6 Å². The number of carboxylic acid groups (broad SMARTS) is 1. The first-order valence-electron chi connectivity index (χ1n) is 7.06. The fourth-order valence-corrected chi connectivity index (χ4v) is 4.64. The Morgan fingerprint density at radius 2 is 2.22 bits per heavy atom. The second-order valence-electron chi connectivity index (χ2n) is 6.12. The number of fused-ring (bicyclic) bond motifs is 1. The lowest BCUT2D eigenvalue weighted by Crippen LogP contribution is -2.70. The molecular weight excluding hydrogens is 322 g/mol. The van der Waals surface area contributed by atoms with E-state index in [1.54, 1.807) is 19.9 Å². The number of rotatable bonds is 4. The number of anilines is 1. The second kappa shape index (κ2) is 5.19. The largest absolute Gasteiger partial charge is 0.480 e. The number of β-lactam (4-membered cyclic amide) rings is 1. The van der Waals surface area contributed by atoms with E-state index in [2.05, 4.69) is 5.32 Å². The summed E-state index contributed by atoms with van der Waals surface area (Å²) in [7, 11) is 0. The molecule has 3 rings (SSSR count). The molecule has 23 heavy (non-hydrogen) atoms. The van der Waals surface area contributed by atoms with Gasteiger partial charge in [0.15, 0.2) is 0 Å². The lowest BCUT2D eigenvalue weighted by molar-refractivity contribution is -0.161. The third kappa shape index (κ3) is 2.44. The highest BCUT2D eigenvalue weighted by atomic mass is 32.2. The Morgan fingerprint density at radius 1 is 1.52 bits per heavy atom. The quantitative estimate of drug-likeness (QED) is 0.661. The Balaban J connectivity index is 1.68. The number of nitrogens with zero attached hydrogens (tertiary/aromatic N) is 1. The first kappa shape index (κ1) is 15.7. The number of furan rings is 1. The highest BCUT2D eigenvalue weighted by Gasteiger charge is 2.64. The zero-order valence-corrected chi connectivity index (χ0v) is 13.4. The summed E-state index contributed by atoms with van der Waals surface area (Å²) in [6.07, 6.45) is 1.33. The number of nitrogens with two attached hydrogens (primary N) is 1. The van der Waals surface area contributed by atoms with Crippen molar-refractivity contribution in [1.82, 2.24) is 10.2 Å². The molecule has 1 aromatic heterocycles. The van der Waals surface area contributed by atoms with Gasteiger partial charge in [-0.15, -0.1) is 11.8 Å². The van der Waals surface area contributed by atoms with Gasteiger partial charge in [0.25, 0.3) is 0 Å². The molecule has 0 saturated carbocycles. The van der Waals surface area contributed by atoms with Crippen molar-refractivity contribution in [3.63, 3.8) is 0 Å². The zero-order valence-electron chi connectivity index (χ0n) is 12.6. The molecule has 3 heterocycles. The number of amides is 2. The van der Waals surface area contributed by atoms with Gasteiger partial charge in [-0.3, -0.25) is 9.59 Å². The maximum Gasteiger partial charge on any atom is 0.327 e. The number of thioether (sulfide) groups is 1. The van der Waals surface area contributed by atoms with Crippen LogP contribution in [-0.4, -0.2) is 50.0 Å². The molecule has 4 N–H and O–H groups in total. The molecule has 1 unspecified atom stereocenters. The van der Waals surface area contributed by atoms with Crippen LogP contribution in [-0.2, 0) is 20.8 Å². The van der Waals surface area contributed by atoms with Crippen LogP contribution in [0.3, 0.4) is 0 Å². The molecule has 3 atom stereocenters. The lowest BCUT2D eigenvalue weighted by atomic mass is 9.96. The summed E-state index contributed by atoms with van der Waals surface area (Å²) in [6, 6.07) is -0.0581. The van der Waals surface area contributed by atoms with E-state index in [1.807, 2.05) is 0 Å². The molecular formula is C14H17N3O5S. The number of carbonyl (C=O) groups excluding carboxylic acids is 2. The van der Waals surface area contributed by atoms with Gasteiger partial charge in [0.05, 0.1) is 18.4 Å². The number of nitrogen functional groups attached to an aromatic ring is 1. The monoisotopic (exact) mass is 339 g/mol. The average molecular weight is 339 g/mol. The molecule has 2 fully saturated rings. The number of hydrogen-bond acceptors (Lipinski definition) is 6. The summed E-state index contributed by atoms with van der Waals surface area (Å²) in [5.41, 5.74) is 6.03. The number of carboxylic acids is 1. The van der Waals surface area contributed by atoms with Crippen molar-refractivity contribution in [2.75, 3.05) is 5.73 Å². The van der Waals surface area contributed by atoms with Crippen LogP contribution >= 0.6 is 11.8 Å². The van der Waals surface area contributed by atoms with Gasteiger partial charge >= 0.3 is 5.97 Å². The number of carbonyl (C=O) groups is 3. The average Bonchev–Trinajstić information content (AvgIpc) is 2.95. The van der Waals surface area contributed by atoms with Gasteiger partial charge < -0.3 is 25.5 Å². The van der Waals surface area contributed by atoms with Gasteiger partial charge in [-0.05, 0) is 19.9 Å². The van der Waals surface area contributed by atoms with Crippen LogP contribution in [0.4, 0.5) is 5.69 Å². The third-order valence-electron chi connectivity index (χ3n) is 4.09. The van der Waals surface area contributed by atoms with Crippen LogP contribution < -0.4 is 11.1 Å². The molecule has 2 aliphatic heterocycles. The molecule has 0 aliphatic carbocycles. The smallest absolute Gasteiger partial charge is 0.327 e. The Kier molecular flexibility index (Phi) is 3.55. The number of aliphatic carboxylic acids is 1. The van der Waals surface area contributed by atoms with E-state index < -0.39 is 22.8 Å². The Hall–Kier alpha value is -2.16. The van der Waals surface area contributed by atoms with Gasteiger partial charge in [-0.2, -0.15) is 0 Å². The summed E-state index contributed by atoms with van der Waals surface area (Å²) in [4.78, 5) is 37.0. The highest BCUT2D eigenvalue weighted by molar-refractivity contribution is 8.01. The summed E-state index contributed by atoms with van der Waals surface area (Å²) in [6.45, 7) is 3.56. The van der Waals surface area contributed by atoms with Crippen LogP contribution in [0.5, 0.6) is 0 Å². The topological polar surface area (TPSA) is 126 Å². The molecule has 0 aromatic carbocycles. The highest BCUT2D eigenvalue weighted by Crippen LogP contribution is 2.50. The number of hydrogen-bond donors (Lipinski definition) is 3. The van der Waals surface area contributed by atoms with E-state index in [0.29, 0.717) is 11.4 Å². The molecule has 0 bridgehead atoms. The minimum absolute atomic E-state index is 0.0637. The first-order chi connectivity index (χ1) is 10.7. The third-order valence-corrected chi connectivity index (χ3v) is 5.66. The SMILES string of the molecule is CC1(C)S[C@@H]2C(NC(=O)Cc3occc3N)C(=O)N2[C@H]1C(=O)O. The Morgan fingerprint density at radius 3 is 2.78 bits per heavy atom. The minimum atomic E-state index is -1.04. The van der Waals surface area contributed by atoms with Crippen molar-refractivity contribution in [3.8, 4) is 0 Å².